The number of rotatable bonds is 4. The smallest absolute Gasteiger partial charge is 0.255 e. The molecule has 1 saturated heterocycles. The Kier molecular flexibility index (Phi) is 4.86. The van der Waals surface area contributed by atoms with Crippen molar-refractivity contribution in [2.24, 2.45) is 0 Å². The van der Waals surface area contributed by atoms with Crippen molar-refractivity contribution in [2.45, 2.75) is 31.1 Å². The minimum atomic E-state index is -3.51. The van der Waals surface area contributed by atoms with Gasteiger partial charge in [0.2, 0.25) is 10.0 Å². The summed E-state index contributed by atoms with van der Waals surface area (Å²) in [6.07, 6.45) is 6.07. The zero-order chi connectivity index (χ0) is 19.7. The normalized spacial score (nSPS) is 15.6. The third-order valence-corrected chi connectivity index (χ3v) is 6.68. The molecule has 1 amide bonds. The molecule has 1 aliphatic heterocycles. The van der Waals surface area contributed by atoms with Crippen molar-refractivity contribution in [1.29, 1.82) is 0 Å². The molecule has 0 saturated carbocycles. The summed E-state index contributed by atoms with van der Waals surface area (Å²) in [5, 5.41) is 7.03. The molecular formula is C19H21N5O3S. The minimum absolute atomic E-state index is 0.209. The van der Waals surface area contributed by atoms with Gasteiger partial charge in [-0.2, -0.15) is 9.40 Å². The zero-order valence-electron chi connectivity index (χ0n) is 15.5. The molecule has 0 bridgehead atoms. The monoisotopic (exact) mass is 399 g/mol. The molecule has 1 aliphatic rings. The van der Waals surface area contributed by atoms with Gasteiger partial charge in [-0.05, 0) is 44.0 Å². The predicted octanol–water partition coefficient (Wildman–Crippen LogP) is 2.46. The zero-order valence-corrected chi connectivity index (χ0v) is 16.3. The molecule has 1 N–H and O–H groups in total. The van der Waals surface area contributed by atoms with E-state index in [4.69, 9.17) is 0 Å². The Morgan fingerprint density at radius 1 is 1.11 bits per heavy atom. The van der Waals surface area contributed by atoms with E-state index in [1.54, 1.807) is 16.9 Å². The van der Waals surface area contributed by atoms with E-state index >= 15 is 0 Å². The molecule has 28 heavy (non-hydrogen) atoms. The molecule has 3 aromatic rings. The van der Waals surface area contributed by atoms with Crippen LogP contribution in [0, 0.1) is 6.92 Å². The number of sulfonamides is 1. The van der Waals surface area contributed by atoms with Crippen LogP contribution in [-0.4, -0.2) is 46.3 Å². The van der Waals surface area contributed by atoms with Crippen molar-refractivity contribution in [2.75, 3.05) is 18.4 Å². The average molecular weight is 399 g/mol. The molecule has 0 aliphatic carbocycles. The van der Waals surface area contributed by atoms with E-state index in [-0.39, 0.29) is 10.8 Å². The molecule has 1 aromatic carbocycles. The van der Waals surface area contributed by atoms with Crippen LogP contribution in [-0.2, 0) is 10.0 Å². The van der Waals surface area contributed by atoms with Crippen LogP contribution in [0.5, 0.6) is 0 Å². The number of amides is 1. The highest BCUT2D eigenvalue weighted by atomic mass is 32.2. The summed E-state index contributed by atoms with van der Waals surface area (Å²) >= 11 is 0. The van der Waals surface area contributed by atoms with E-state index in [0.29, 0.717) is 30.0 Å². The second kappa shape index (κ2) is 7.33. The first-order valence-corrected chi connectivity index (χ1v) is 10.6. The van der Waals surface area contributed by atoms with Crippen molar-refractivity contribution in [3.63, 3.8) is 0 Å². The second-order valence-electron chi connectivity index (χ2n) is 6.87. The number of piperidine rings is 1. The van der Waals surface area contributed by atoms with Crippen molar-refractivity contribution in [3.05, 3.63) is 54.0 Å². The number of hydrogen-bond donors (Lipinski definition) is 1. The molecule has 8 nitrogen and oxygen atoms in total. The highest BCUT2D eigenvalue weighted by Gasteiger charge is 2.25. The van der Waals surface area contributed by atoms with E-state index in [0.717, 1.165) is 25.0 Å². The van der Waals surface area contributed by atoms with Crippen LogP contribution in [0.4, 0.5) is 5.69 Å². The Labute approximate surface area is 163 Å². The maximum absolute atomic E-state index is 12.7. The van der Waals surface area contributed by atoms with Gasteiger partial charge in [0.25, 0.3) is 5.91 Å². The number of benzene rings is 1. The highest BCUT2D eigenvalue weighted by Crippen LogP contribution is 2.21. The molecule has 3 heterocycles. The van der Waals surface area contributed by atoms with Gasteiger partial charge in [-0.3, -0.25) is 4.79 Å². The van der Waals surface area contributed by atoms with E-state index in [9.17, 15) is 13.2 Å². The van der Waals surface area contributed by atoms with Crippen molar-refractivity contribution in [1.82, 2.24) is 18.9 Å². The first kappa shape index (κ1) is 18.6. The number of carbonyl (C=O) groups excluding carboxylic acids is 1. The van der Waals surface area contributed by atoms with Crippen LogP contribution in [0.15, 0.2) is 47.6 Å². The van der Waals surface area contributed by atoms with Gasteiger partial charge in [-0.1, -0.05) is 6.42 Å². The van der Waals surface area contributed by atoms with Gasteiger partial charge < -0.3 is 5.32 Å². The molecule has 9 heteroatoms. The SMILES string of the molecule is Cc1cc2ncc(NC(=O)c3ccc(S(=O)(=O)N4CCCCC4)cc3)cn2n1. The highest BCUT2D eigenvalue weighted by molar-refractivity contribution is 7.89. The van der Waals surface area contributed by atoms with Gasteiger partial charge in [0.1, 0.15) is 0 Å². The molecular weight excluding hydrogens is 378 g/mol. The summed E-state index contributed by atoms with van der Waals surface area (Å²) in [4.78, 5) is 16.9. The molecule has 0 spiro atoms. The molecule has 0 radical (unpaired) electrons. The standard InChI is InChI=1S/C19H21N5O3S/c1-14-11-18-20-12-16(13-24(18)22-14)21-19(25)15-5-7-17(8-6-15)28(26,27)23-9-3-2-4-10-23/h5-8,11-13H,2-4,9-10H2,1H3,(H,21,25). The van der Waals surface area contributed by atoms with E-state index in [1.165, 1.54) is 28.6 Å². The van der Waals surface area contributed by atoms with E-state index < -0.39 is 10.0 Å². The van der Waals surface area contributed by atoms with Crippen LogP contribution in [0.2, 0.25) is 0 Å². The van der Waals surface area contributed by atoms with Gasteiger partial charge in [0, 0.05) is 24.7 Å². The fourth-order valence-electron chi connectivity index (χ4n) is 3.30. The largest absolute Gasteiger partial charge is 0.319 e. The lowest BCUT2D eigenvalue weighted by atomic mass is 10.2. The Morgan fingerprint density at radius 3 is 2.54 bits per heavy atom. The third-order valence-electron chi connectivity index (χ3n) is 4.76. The Morgan fingerprint density at radius 2 is 1.82 bits per heavy atom. The lowest BCUT2D eigenvalue weighted by Crippen LogP contribution is -2.35. The molecule has 0 unspecified atom stereocenters. The van der Waals surface area contributed by atoms with Crippen molar-refractivity contribution < 1.29 is 13.2 Å². The number of fused-ring (bicyclic) bond motifs is 1. The van der Waals surface area contributed by atoms with E-state index in [1.807, 2.05) is 13.0 Å². The molecule has 0 atom stereocenters. The second-order valence-corrected chi connectivity index (χ2v) is 8.81. The molecule has 1 fully saturated rings. The third kappa shape index (κ3) is 3.63. The number of hydrogen-bond acceptors (Lipinski definition) is 5. The maximum atomic E-state index is 12.7. The number of nitrogens with zero attached hydrogens (tertiary/aromatic N) is 4. The lowest BCUT2D eigenvalue weighted by Gasteiger charge is -2.25. The van der Waals surface area contributed by atoms with Gasteiger partial charge in [0.05, 0.1) is 28.7 Å². The summed E-state index contributed by atoms with van der Waals surface area (Å²) in [6, 6.07) is 7.85. The van der Waals surface area contributed by atoms with Crippen LogP contribution in [0.1, 0.15) is 35.3 Å². The summed E-state index contributed by atoms with van der Waals surface area (Å²) in [5.74, 6) is -0.341. The summed E-state index contributed by atoms with van der Waals surface area (Å²) in [7, 11) is -3.51. The molecule has 2 aromatic heterocycles. The van der Waals surface area contributed by atoms with Crippen LogP contribution in [0.25, 0.3) is 5.65 Å². The van der Waals surface area contributed by atoms with Gasteiger partial charge in [0.15, 0.2) is 5.65 Å². The van der Waals surface area contributed by atoms with Gasteiger partial charge in [-0.25, -0.2) is 17.9 Å². The quantitative estimate of drug-likeness (QED) is 0.727. The van der Waals surface area contributed by atoms with E-state index in [2.05, 4.69) is 15.4 Å². The number of carbonyl (C=O) groups is 1. The lowest BCUT2D eigenvalue weighted by molar-refractivity contribution is 0.102. The van der Waals surface area contributed by atoms with Crippen molar-refractivity contribution >= 4 is 27.3 Å². The number of aryl methyl sites for hydroxylation is 1. The Hall–Kier alpha value is -2.78. The Bertz CT molecular complexity index is 1120. The number of aromatic nitrogens is 3. The maximum Gasteiger partial charge on any atom is 0.255 e. The molecule has 4 rings (SSSR count). The Balaban J connectivity index is 1.50. The number of anilines is 1. The number of nitrogens with one attached hydrogen (secondary N) is 1. The van der Waals surface area contributed by atoms with Gasteiger partial charge >= 0.3 is 0 Å². The topological polar surface area (TPSA) is 96.7 Å². The summed E-state index contributed by atoms with van der Waals surface area (Å²) in [5.41, 5.74) is 2.41. The van der Waals surface area contributed by atoms with Crippen LogP contribution >= 0.6 is 0 Å². The van der Waals surface area contributed by atoms with Crippen molar-refractivity contribution in [3.8, 4) is 0 Å². The summed E-state index contributed by atoms with van der Waals surface area (Å²) in [6.45, 7) is 2.96. The first-order valence-electron chi connectivity index (χ1n) is 9.17. The van der Waals surface area contributed by atoms with Crippen LogP contribution in [0.3, 0.4) is 0 Å². The fraction of sp³-hybridized carbons (Fsp3) is 0.316. The fourth-order valence-corrected chi connectivity index (χ4v) is 4.81. The van der Waals surface area contributed by atoms with Crippen LogP contribution < -0.4 is 5.32 Å². The van der Waals surface area contributed by atoms with Gasteiger partial charge in [-0.15, -0.1) is 0 Å². The average Bonchev–Trinajstić information content (AvgIpc) is 3.08. The molecule has 146 valence electrons. The minimum Gasteiger partial charge on any atom is -0.319 e. The first-order chi connectivity index (χ1) is 13.4. The summed E-state index contributed by atoms with van der Waals surface area (Å²) < 4.78 is 28.5. The predicted molar refractivity (Wildman–Crippen MR) is 105 cm³/mol.